The zero-order valence-corrected chi connectivity index (χ0v) is 13.3. The van der Waals surface area contributed by atoms with Gasteiger partial charge in [0.05, 0.1) is 18.2 Å². The van der Waals surface area contributed by atoms with Crippen LogP contribution in [0, 0.1) is 6.92 Å². The van der Waals surface area contributed by atoms with E-state index in [9.17, 15) is 0 Å². The first kappa shape index (κ1) is 15.0. The summed E-state index contributed by atoms with van der Waals surface area (Å²) < 4.78 is 5.83. The number of hydrogen-bond acceptors (Lipinski definition) is 4. The van der Waals surface area contributed by atoms with Gasteiger partial charge in [0.2, 0.25) is 0 Å². The second-order valence-corrected chi connectivity index (χ2v) is 7.01. The van der Waals surface area contributed by atoms with Gasteiger partial charge in [-0.05, 0) is 44.2 Å². The van der Waals surface area contributed by atoms with E-state index in [4.69, 9.17) is 10.5 Å². The van der Waals surface area contributed by atoms with E-state index in [1.165, 1.54) is 10.4 Å². The quantitative estimate of drug-likeness (QED) is 0.923. The Morgan fingerprint density at radius 2 is 2.26 bits per heavy atom. The molecule has 1 aromatic rings. The minimum atomic E-state index is -0.0743. The highest BCUT2D eigenvalue weighted by Gasteiger charge is 2.35. The van der Waals surface area contributed by atoms with Crippen molar-refractivity contribution < 1.29 is 4.74 Å². The Bertz CT molecular complexity index is 416. The van der Waals surface area contributed by atoms with Crippen LogP contribution in [0.5, 0.6) is 0 Å². The van der Waals surface area contributed by atoms with Gasteiger partial charge in [-0.15, -0.1) is 11.3 Å². The van der Waals surface area contributed by atoms with E-state index in [-0.39, 0.29) is 11.6 Å². The average molecular weight is 282 g/mol. The van der Waals surface area contributed by atoms with E-state index >= 15 is 0 Å². The van der Waals surface area contributed by atoms with Gasteiger partial charge in [0.25, 0.3) is 0 Å². The van der Waals surface area contributed by atoms with Crippen molar-refractivity contribution in [1.82, 2.24) is 4.90 Å². The van der Waals surface area contributed by atoms with E-state index in [0.717, 1.165) is 26.1 Å². The third-order valence-electron chi connectivity index (χ3n) is 3.90. The van der Waals surface area contributed by atoms with Crippen LogP contribution in [-0.4, -0.2) is 36.2 Å². The molecule has 0 saturated carbocycles. The Kier molecular flexibility index (Phi) is 4.66. The van der Waals surface area contributed by atoms with Crippen molar-refractivity contribution in [3.63, 3.8) is 0 Å². The zero-order chi connectivity index (χ0) is 14.0. The van der Waals surface area contributed by atoms with E-state index < -0.39 is 0 Å². The van der Waals surface area contributed by atoms with Crippen molar-refractivity contribution in [2.45, 2.75) is 51.8 Å². The predicted molar refractivity (Wildman–Crippen MR) is 81.7 cm³/mol. The van der Waals surface area contributed by atoms with Gasteiger partial charge in [0.1, 0.15) is 0 Å². The highest BCUT2D eigenvalue weighted by Crippen LogP contribution is 2.34. The van der Waals surface area contributed by atoms with Crippen LogP contribution in [0.4, 0.5) is 0 Å². The molecule has 108 valence electrons. The SMILES string of the molecule is CCC(N)C(c1sccc1C)N1CCOC(C)(C)C1. The third-order valence-corrected chi connectivity index (χ3v) is 4.99. The summed E-state index contributed by atoms with van der Waals surface area (Å²) in [5.41, 5.74) is 7.71. The van der Waals surface area contributed by atoms with Crippen LogP contribution >= 0.6 is 11.3 Å². The number of ether oxygens (including phenoxy) is 1. The molecule has 0 amide bonds. The van der Waals surface area contributed by atoms with E-state index in [0.29, 0.717) is 6.04 Å². The minimum absolute atomic E-state index is 0.0743. The lowest BCUT2D eigenvalue weighted by Crippen LogP contribution is -2.52. The molecule has 1 fully saturated rings. The van der Waals surface area contributed by atoms with Crippen molar-refractivity contribution in [3.8, 4) is 0 Å². The topological polar surface area (TPSA) is 38.5 Å². The Hall–Kier alpha value is -0.420. The van der Waals surface area contributed by atoms with Crippen molar-refractivity contribution in [3.05, 3.63) is 21.9 Å². The Balaban J connectivity index is 2.26. The summed E-state index contributed by atoms with van der Waals surface area (Å²) in [6.45, 7) is 11.4. The molecule has 1 aliphatic heterocycles. The molecule has 2 N–H and O–H groups in total. The number of thiophene rings is 1. The Morgan fingerprint density at radius 3 is 2.79 bits per heavy atom. The largest absolute Gasteiger partial charge is 0.373 e. The van der Waals surface area contributed by atoms with Crippen LogP contribution in [0.1, 0.15) is 43.7 Å². The fourth-order valence-corrected chi connectivity index (χ4v) is 3.97. The molecule has 3 nitrogen and oxygen atoms in total. The first-order valence-electron chi connectivity index (χ1n) is 7.12. The standard InChI is InChI=1S/C15H26N2OS/c1-5-12(16)13(14-11(2)6-9-19-14)17-7-8-18-15(3,4)10-17/h6,9,12-13H,5,7-8,10,16H2,1-4H3. The molecular weight excluding hydrogens is 256 g/mol. The number of aryl methyl sites for hydroxylation is 1. The maximum absolute atomic E-state index is 6.42. The van der Waals surface area contributed by atoms with Crippen LogP contribution in [0.25, 0.3) is 0 Å². The second kappa shape index (κ2) is 5.92. The van der Waals surface area contributed by atoms with Gasteiger partial charge < -0.3 is 10.5 Å². The van der Waals surface area contributed by atoms with Crippen LogP contribution in [0.2, 0.25) is 0 Å². The summed E-state index contributed by atoms with van der Waals surface area (Å²) in [6.07, 6.45) is 1.000. The van der Waals surface area contributed by atoms with Gasteiger partial charge in [0, 0.05) is 24.0 Å². The van der Waals surface area contributed by atoms with Gasteiger partial charge in [-0.2, -0.15) is 0 Å². The van der Waals surface area contributed by atoms with E-state index in [1.807, 2.05) is 11.3 Å². The number of rotatable bonds is 4. The number of morpholine rings is 1. The molecule has 0 aliphatic carbocycles. The van der Waals surface area contributed by atoms with Crippen molar-refractivity contribution in [2.75, 3.05) is 19.7 Å². The molecule has 0 bridgehead atoms. The van der Waals surface area contributed by atoms with Gasteiger partial charge in [-0.3, -0.25) is 4.90 Å². The zero-order valence-electron chi connectivity index (χ0n) is 12.5. The lowest BCUT2D eigenvalue weighted by Gasteiger charge is -2.43. The number of nitrogens with zero attached hydrogens (tertiary/aromatic N) is 1. The minimum Gasteiger partial charge on any atom is -0.373 e. The van der Waals surface area contributed by atoms with E-state index in [2.05, 4.69) is 44.0 Å². The molecule has 2 atom stereocenters. The highest BCUT2D eigenvalue weighted by atomic mass is 32.1. The first-order valence-corrected chi connectivity index (χ1v) is 8.00. The van der Waals surface area contributed by atoms with Gasteiger partial charge in [0.15, 0.2) is 0 Å². The molecule has 0 radical (unpaired) electrons. The van der Waals surface area contributed by atoms with Gasteiger partial charge in [-0.25, -0.2) is 0 Å². The normalized spacial score (nSPS) is 23.2. The second-order valence-electron chi connectivity index (χ2n) is 6.06. The first-order chi connectivity index (χ1) is 8.94. The van der Waals surface area contributed by atoms with Crippen molar-refractivity contribution in [2.24, 2.45) is 5.73 Å². The third kappa shape index (κ3) is 3.37. The van der Waals surface area contributed by atoms with Gasteiger partial charge in [-0.1, -0.05) is 6.92 Å². The molecule has 2 heterocycles. The molecule has 1 saturated heterocycles. The maximum Gasteiger partial charge on any atom is 0.0753 e. The fourth-order valence-electron chi connectivity index (χ4n) is 2.83. The monoisotopic (exact) mass is 282 g/mol. The van der Waals surface area contributed by atoms with Crippen LogP contribution < -0.4 is 5.73 Å². The Morgan fingerprint density at radius 1 is 1.53 bits per heavy atom. The average Bonchev–Trinajstić information content (AvgIpc) is 2.75. The number of hydrogen-bond donors (Lipinski definition) is 1. The lowest BCUT2D eigenvalue weighted by atomic mass is 9.97. The molecular formula is C15H26N2OS. The molecule has 2 unspecified atom stereocenters. The molecule has 1 aliphatic rings. The summed E-state index contributed by atoms with van der Waals surface area (Å²) in [7, 11) is 0. The predicted octanol–water partition coefficient (Wildman–Crippen LogP) is 2.95. The molecule has 4 heteroatoms. The van der Waals surface area contributed by atoms with Crippen molar-refractivity contribution in [1.29, 1.82) is 0 Å². The summed E-state index contributed by atoms with van der Waals surface area (Å²) >= 11 is 1.83. The molecule has 0 aromatic carbocycles. The Labute approximate surface area is 120 Å². The molecule has 19 heavy (non-hydrogen) atoms. The molecule has 1 aromatic heterocycles. The fraction of sp³-hybridized carbons (Fsp3) is 0.733. The van der Waals surface area contributed by atoms with Crippen LogP contribution in [0.3, 0.4) is 0 Å². The van der Waals surface area contributed by atoms with Crippen molar-refractivity contribution >= 4 is 11.3 Å². The maximum atomic E-state index is 6.42. The summed E-state index contributed by atoms with van der Waals surface area (Å²) in [4.78, 5) is 3.93. The van der Waals surface area contributed by atoms with Crippen LogP contribution in [0.15, 0.2) is 11.4 Å². The van der Waals surface area contributed by atoms with Crippen LogP contribution in [-0.2, 0) is 4.74 Å². The summed E-state index contributed by atoms with van der Waals surface area (Å²) in [5, 5.41) is 2.17. The highest BCUT2D eigenvalue weighted by molar-refractivity contribution is 7.10. The summed E-state index contributed by atoms with van der Waals surface area (Å²) in [5.74, 6) is 0. The summed E-state index contributed by atoms with van der Waals surface area (Å²) in [6, 6.07) is 2.71. The molecule has 0 spiro atoms. The smallest absolute Gasteiger partial charge is 0.0753 e. The number of nitrogens with two attached hydrogens (primary N) is 1. The lowest BCUT2D eigenvalue weighted by molar-refractivity contribution is -0.0998. The molecule has 2 rings (SSSR count). The van der Waals surface area contributed by atoms with E-state index in [1.54, 1.807) is 0 Å². The van der Waals surface area contributed by atoms with Gasteiger partial charge >= 0.3 is 0 Å².